The van der Waals surface area contributed by atoms with Gasteiger partial charge < -0.3 is 14.7 Å². The second-order valence-electron chi connectivity index (χ2n) is 7.74. The van der Waals surface area contributed by atoms with Crippen molar-refractivity contribution >= 4 is 16.1 Å². The highest BCUT2D eigenvalue weighted by molar-refractivity contribution is 7.87. The number of carbonyl (C=O) groups is 1. The minimum Gasteiger partial charge on any atom is -0.462 e. The van der Waals surface area contributed by atoms with Crippen molar-refractivity contribution in [1.29, 1.82) is 0 Å². The lowest BCUT2D eigenvalue weighted by Gasteiger charge is -2.24. The summed E-state index contributed by atoms with van der Waals surface area (Å²) in [7, 11) is -3.95. The van der Waals surface area contributed by atoms with Crippen LogP contribution in [0.25, 0.3) is 0 Å². The van der Waals surface area contributed by atoms with Crippen molar-refractivity contribution in [2.24, 2.45) is 5.73 Å². The quantitative estimate of drug-likeness (QED) is 0.388. The summed E-state index contributed by atoms with van der Waals surface area (Å²) in [5, 5.41) is 0. The Bertz CT molecular complexity index is 1110. The van der Waals surface area contributed by atoms with Gasteiger partial charge in [-0.1, -0.05) is 60.7 Å². The fourth-order valence-corrected chi connectivity index (χ4v) is 4.31. The molecule has 7 heteroatoms. The van der Waals surface area contributed by atoms with Crippen LogP contribution in [0.5, 0.6) is 5.75 Å². The molecular weight excluding hydrogens is 426 g/mol. The summed E-state index contributed by atoms with van der Waals surface area (Å²) in [5.74, 6) is -0.989. The van der Waals surface area contributed by atoms with Gasteiger partial charge in [0.15, 0.2) is 0 Å². The van der Waals surface area contributed by atoms with Crippen molar-refractivity contribution in [3.63, 3.8) is 0 Å². The van der Waals surface area contributed by atoms with Gasteiger partial charge in [0.2, 0.25) is 0 Å². The molecule has 0 heterocycles. The smallest absolute Gasteiger partial charge is 0.339 e. The zero-order chi connectivity index (χ0) is 23.1. The number of esters is 1. The molecule has 2 N–H and O–H groups in total. The molecule has 0 aromatic heterocycles. The Morgan fingerprint density at radius 1 is 0.875 bits per heavy atom. The third kappa shape index (κ3) is 6.18. The summed E-state index contributed by atoms with van der Waals surface area (Å²) in [6, 6.07) is 23.4. The maximum absolute atomic E-state index is 12.9. The summed E-state index contributed by atoms with van der Waals surface area (Å²) in [6.07, 6.45) is 0.201. The van der Waals surface area contributed by atoms with E-state index in [4.69, 9.17) is 14.7 Å². The molecule has 3 aromatic rings. The summed E-state index contributed by atoms with van der Waals surface area (Å²) in [4.78, 5) is 12.9. The topological polar surface area (TPSA) is 95.7 Å². The Morgan fingerprint density at radius 3 is 2.00 bits per heavy atom. The average Bonchev–Trinajstić information content (AvgIpc) is 2.76. The van der Waals surface area contributed by atoms with Crippen molar-refractivity contribution in [3.8, 4) is 5.75 Å². The van der Waals surface area contributed by atoms with Crippen molar-refractivity contribution in [2.75, 3.05) is 0 Å². The minimum atomic E-state index is -3.95. The number of nitrogens with two attached hydrogens (primary N) is 1. The lowest BCUT2D eigenvalue weighted by atomic mass is 9.88. The van der Waals surface area contributed by atoms with Crippen molar-refractivity contribution in [2.45, 2.75) is 43.2 Å². The Morgan fingerprint density at radius 2 is 1.44 bits per heavy atom. The van der Waals surface area contributed by atoms with Gasteiger partial charge in [0.25, 0.3) is 0 Å². The van der Waals surface area contributed by atoms with E-state index in [1.165, 1.54) is 24.3 Å². The Kier molecular flexibility index (Phi) is 7.66. The number of rotatable bonds is 9. The summed E-state index contributed by atoms with van der Waals surface area (Å²) in [5.41, 5.74) is 8.09. The molecule has 0 saturated carbocycles. The van der Waals surface area contributed by atoms with E-state index >= 15 is 0 Å². The van der Waals surface area contributed by atoms with Gasteiger partial charge in [0.05, 0.1) is 12.0 Å². The SMILES string of the molecule is CC(C)OC(=O)C(c1ccc(OS(=O)(=O)c2ccccc2)cc1)C(N)Cc1ccccc1. The van der Waals surface area contributed by atoms with Crippen LogP contribution in [0.3, 0.4) is 0 Å². The van der Waals surface area contributed by atoms with Gasteiger partial charge in [-0.25, -0.2) is 0 Å². The monoisotopic (exact) mass is 453 g/mol. The van der Waals surface area contributed by atoms with Gasteiger partial charge >= 0.3 is 16.1 Å². The molecule has 0 fully saturated rings. The molecule has 3 aromatic carbocycles. The second-order valence-corrected chi connectivity index (χ2v) is 9.28. The molecule has 0 aliphatic rings. The molecule has 2 unspecified atom stereocenters. The van der Waals surface area contributed by atoms with E-state index in [-0.39, 0.29) is 16.7 Å². The van der Waals surface area contributed by atoms with E-state index in [0.29, 0.717) is 12.0 Å². The van der Waals surface area contributed by atoms with Crippen LogP contribution < -0.4 is 9.92 Å². The molecule has 0 saturated heterocycles. The molecule has 32 heavy (non-hydrogen) atoms. The largest absolute Gasteiger partial charge is 0.462 e. The van der Waals surface area contributed by atoms with Crippen molar-refractivity contribution in [1.82, 2.24) is 0 Å². The number of hydrogen-bond acceptors (Lipinski definition) is 6. The highest BCUT2D eigenvalue weighted by Crippen LogP contribution is 2.27. The number of benzene rings is 3. The van der Waals surface area contributed by atoms with Crippen molar-refractivity contribution in [3.05, 3.63) is 96.1 Å². The van der Waals surface area contributed by atoms with Gasteiger partial charge in [-0.15, -0.1) is 0 Å². The molecule has 6 nitrogen and oxygen atoms in total. The van der Waals surface area contributed by atoms with Crippen LogP contribution in [0.4, 0.5) is 0 Å². The van der Waals surface area contributed by atoms with E-state index < -0.39 is 28.0 Å². The van der Waals surface area contributed by atoms with Gasteiger partial charge in [-0.05, 0) is 55.7 Å². The first-order valence-electron chi connectivity index (χ1n) is 10.4. The van der Waals surface area contributed by atoms with Gasteiger partial charge in [0.1, 0.15) is 10.6 Å². The van der Waals surface area contributed by atoms with Crippen LogP contribution >= 0.6 is 0 Å². The van der Waals surface area contributed by atoms with E-state index in [1.807, 2.05) is 30.3 Å². The molecular formula is C25H27NO5S. The lowest BCUT2D eigenvalue weighted by Crippen LogP contribution is -2.37. The minimum absolute atomic E-state index is 0.0624. The fraction of sp³-hybridized carbons (Fsp3) is 0.240. The lowest BCUT2D eigenvalue weighted by molar-refractivity contribution is -0.149. The zero-order valence-corrected chi connectivity index (χ0v) is 18.9. The van der Waals surface area contributed by atoms with Crippen LogP contribution in [-0.2, 0) is 26.1 Å². The summed E-state index contributed by atoms with van der Waals surface area (Å²) >= 11 is 0. The highest BCUT2D eigenvalue weighted by atomic mass is 32.2. The molecule has 0 aliphatic heterocycles. The molecule has 0 amide bonds. The normalized spacial score (nSPS) is 13.4. The Balaban J connectivity index is 1.82. The zero-order valence-electron chi connectivity index (χ0n) is 18.0. The summed E-state index contributed by atoms with van der Waals surface area (Å²) < 4.78 is 35.6. The molecule has 0 bridgehead atoms. The standard InChI is InChI=1S/C25H27NO5S/c1-18(2)30-25(27)24(23(26)17-19-9-5-3-6-10-19)20-13-15-21(16-14-20)31-32(28,29)22-11-7-4-8-12-22/h3-16,18,23-24H,17,26H2,1-2H3. The molecule has 168 valence electrons. The van der Waals surface area contributed by atoms with Gasteiger partial charge in [-0.2, -0.15) is 8.42 Å². The van der Waals surface area contributed by atoms with Crippen molar-refractivity contribution < 1.29 is 22.1 Å². The first-order chi connectivity index (χ1) is 15.3. The molecule has 0 radical (unpaired) electrons. The summed E-state index contributed by atoms with van der Waals surface area (Å²) in [6.45, 7) is 3.56. The van der Waals surface area contributed by atoms with Crippen LogP contribution in [0.15, 0.2) is 89.8 Å². The first-order valence-corrected chi connectivity index (χ1v) is 11.8. The van der Waals surface area contributed by atoms with E-state index in [0.717, 1.165) is 5.56 Å². The Labute approximate surface area is 189 Å². The molecule has 0 aliphatic carbocycles. The number of hydrogen-bond donors (Lipinski definition) is 1. The molecule has 0 spiro atoms. The molecule has 3 rings (SSSR count). The predicted octanol–water partition coefficient (Wildman–Crippen LogP) is 4.06. The maximum Gasteiger partial charge on any atom is 0.339 e. The Hall–Kier alpha value is -3.16. The first kappa shape index (κ1) is 23.5. The maximum atomic E-state index is 12.9. The van der Waals surface area contributed by atoms with E-state index in [9.17, 15) is 13.2 Å². The third-order valence-corrected chi connectivity index (χ3v) is 6.09. The molecule has 2 atom stereocenters. The number of ether oxygens (including phenoxy) is 1. The van der Waals surface area contributed by atoms with Crippen LogP contribution in [0, 0.1) is 0 Å². The van der Waals surface area contributed by atoms with E-state index in [1.54, 1.807) is 44.2 Å². The van der Waals surface area contributed by atoms with Crippen LogP contribution in [0.2, 0.25) is 0 Å². The van der Waals surface area contributed by atoms with Gasteiger partial charge in [-0.3, -0.25) is 4.79 Å². The average molecular weight is 454 g/mol. The second kappa shape index (κ2) is 10.4. The fourth-order valence-electron chi connectivity index (χ4n) is 3.36. The predicted molar refractivity (Wildman–Crippen MR) is 123 cm³/mol. The number of carbonyl (C=O) groups excluding carboxylic acids is 1. The van der Waals surface area contributed by atoms with E-state index in [2.05, 4.69) is 0 Å². The third-order valence-electron chi connectivity index (χ3n) is 4.83. The van der Waals surface area contributed by atoms with Crippen LogP contribution in [0.1, 0.15) is 30.9 Å². The van der Waals surface area contributed by atoms with Crippen LogP contribution in [-0.4, -0.2) is 26.5 Å². The highest BCUT2D eigenvalue weighted by Gasteiger charge is 2.30. The van der Waals surface area contributed by atoms with Gasteiger partial charge in [0, 0.05) is 6.04 Å².